The molecule has 0 unspecified atom stereocenters. The molecule has 8 rings (SSSR count). The van der Waals surface area contributed by atoms with Crippen molar-refractivity contribution >= 4 is 54.0 Å². The summed E-state index contributed by atoms with van der Waals surface area (Å²) >= 11 is -1.71. The number of oxazole rings is 2. The fourth-order valence-electron chi connectivity index (χ4n) is 5.38. The lowest BCUT2D eigenvalue weighted by Gasteiger charge is -2.12. The summed E-state index contributed by atoms with van der Waals surface area (Å²) in [4.78, 5) is 9.55. The quantitative estimate of drug-likeness (QED) is 0.109. The van der Waals surface area contributed by atoms with E-state index in [1.165, 1.54) is 0 Å². The van der Waals surface area contributed by atoms with Crippen molar-refractivity contribution < 1.29 is 19.3 Å². The molecule has 0 saturated heterocycles. The molecule has 0 saturated carbocycles. The van der Waals surface area contributed by atoms with Crippen LogP contribution in [0.1, 0.15) is 0 Å². The summed E-state index contributed by atoms with van der Waals surface area (Å²) in [5, 5.41) is 0. The molecule has 0 bridgehead atoms. The Labute approximate surface area is 284 Å². The van der Waals surface area contributed by atoms with Crippen LogP contribution in [0, 0.1) is 0 Å². The third-order valence-electron chi connectivity index (χ3n) is 7.69. The molecule has 0 N–H and O–H groups in total. The molecule has 0 fully saturated rings. The number of para-hydroxylation sites is 2. The second kappa shape index (κ2) is 13.3. The van der Waals surface area contributed by atoms with Gasteiger partial charge in [0.15, 0.2) is 11.2 Å². The number of nitrogens with zero attached hydrogens (tertiary/aromatic N) is 2. The van der Waals surface area contributed by atoms with Crippen LogP contribution in [0.25, 0.3) is 67.4 Å². The van der Waals surface area contributed by atoms with Gasteiger partial charge in [-0.1, -0.05) is 97.1 Å². The van der Waals surface area contributed by atoms with Gasteiger partial charge < -0.3 is 19.3 Å². The predicted octanol–water partition coefficient (Wildman–Crippen LogP) is 9.18. The molecule has 0 aliphatic heterocycles. The van der Waals surface area contributed by atoms with E-state index in [2.05, 4.69) is 24.3 Å². The molecule has 9 heteroatoms. The molecule has 8 aromatic rings. The first-order valence-corrected chi connectivity index (χ1v) is 16.9. The monoisotopic (exact) mass is 642 g/mol. The van der Waals surface area contributed by atoms with E-state index in [9.17, 15) is 0 Å². The van der Waals surface area contributed by atoms with Gasteiger partial charge in [-0.25, -0.2) is 9.97 Å². The van der Waals surface area contributed by atoms with E-state index in [0.717, 1.165) is 44.4 Å². The van der Waals surface area contributed by atoms with E-state index < -0.39 is 31.8 Å². The van der Waals surface area contributed by atoms with Gasteiger partial charge in [-0.15, -0.1) is 0 Å². The van der Waals surface area contributed by atoms with Crippen LogP contribution in [-0.2, 0) is 2.84 Å². The molecular weight excluding hydrogens is 618 g/mol. The molecule has 2 aromatic heterocycles. The molecule has 0 amide bonds. The summed E-state index contributed by atoms with van der Waals surface area (Å²) in [7, 11) is 0. The minimum atomic E-state index is -0.853. The Morgan fingerprint density at radius 1 is 0.426 bits per heavy atom. The van der Waals surface area contributed by atoms with Crippen molar-refractivity contribution in [1.82, 2.24) is 9.97 Å². The second-order valence-electron chi connectivity index (χ2n) is 10.7. The van der Waals surface area contributed by atoms with Gasteiger partial charge in [-0.05, 0) is 70.8 Å². The van der Waals surface area contributed by atoms with E-state index in [0.29, 0.717) is 34.4 Å². The van der Waals surface area contributed by atoms with Crippen LogP contribution in [-0.4, -0.2) is 41.7 Å². The highest BCUT2D eigenvalue weighted by molar-refractivity contribution is 6.35. The third-order valence-corrected chi connectivity index (χ3v) is 9.27. The van der Waals surface area contributed by atoms with Crippen molar-refractivity contribution in [3.63, 3.8) is 0 Å². The predicted molar refractivity (Wildman–Crippen MR) is 184 cm³/mol. The van der Waals surface area contributed by atoms with Crippen LogP contribution >= 0.6 is 0 Å². The average Bonchev–Trinajstić information content (AvgIpc) is 3.76. The first kappa shape index (κ1) is 29.3. The smallest absolute Gasteiger partial charge is 0.627 e. The fourth-order valence-corrected chi connectivity index (χ4v) is 6.62. The number of rotatable bonds is 10. The van der Waals surface area contributed by atoms with E-state index in [-0.39, 0.29) is 0 Å². The summed E-state index contributed by atoms with van der Waals surface area (Å²) in [5.74, 6) is 2.26. The topological polar surface area (TPSA) is 79.8 Å². The molecule has 0 aliphatic rings. The second-order valence-corrected chi connectivity index (χ2v) is 12.6. The van der Waals surface area contributed by atoms with Gasteiger partial charge >= 0.3 is 31.8 Å². The zero-order valence-electron chi connectivity index (χ0n) is 24.9. The van der Waals surface area contributed by atoms with Crippen molar-refractivity contribution in [2.45, 2.75) is 0 Å². The van der Waals surface area contributed by atoms with Crippen LogP contribution < -0.4 is 7.58 Å². The van der Waals surface area contributed by atoms with Crippen LogP contribution in [0.2, 0.25) is 0 Å². The number of hydrogen-bond donors (Lipinski definition) is 0. The van der Waals surface area contributed by atoms with E-state index >= 15 is 0 Å². The zero-order valence-corrected chi connectivity index (χ0v) is 27.3. The van der Waals surface area contributed by atoms with E-state index in [1.807, 2.05) is 121 Å². The Morgan fingerprint density at radius 3 is 1.32 bits per heavy atom. The lowest BCUT2D eigenvalue weighted by atomic mass is 10.1. The van der Waals surface area contributed by atoms with Crippen LogP contribution in [0.5, 0.6) is 11.5 Å². The lowest BCUT2D eigenvalue weighted by molar-refractivity contribution is 0.417. The highest BCUT2D eigenvalue weighted by Gasteiger charge is 2.18. The molecular formula is C38H24Al2N2O5. The largest absolute Gasteiger partial charge is 0.743 e. The molecule has 0 aliphatic carbocycles. The molecule has 47 heavy (non-hydrogen) atoms. The molecule has 0 atom stereocenters. The van der Waals surface area contributed by atoms with Crippen LogP contribution in [0.4, 0.5) is 0 Å². The first-order chi connectivity index (χ1) is 23.3. The highest BCUT2D eigenvalue weighted by Crippen LogP contribution is 2.35. The minimum absolute atomic E-state index is 0.493. The summed E-state index contributed by atoms with van der Waals surface area (Å²) in [6, 6.07) is 47.8. The standard InChI is InChI=1S/2C19H13NO2.2Al.O/c2*21-17-9-5-4-8-15(17)19-20-16-12-14(10-11-18(16)22-19)13-6-2-1-3-7-13;;;/h2*1-12,21H;;;/q;;2*+1;/p-2. The van der Waals surface area contributed by atoms with Gasteiger partial charge in [0.2, 0.25) is 11.8 Å². The number of benzene rings is 6. The highest BCUT2D eigenvalue weighted by atomic mass is 27.3. The van der Waals surface area contributed by atoms with Gasteiger partial charge in [0.1, 0.15) is 11.0 Å². The van der Waals surface area contributed by atoms with Gasteiger partial charge in [-0.2, -0.15) is 0 Å². The summed E-state index contributed by atoms with van der Waals surface area (Å²) < 4.78 is 30.3. The molecule has 2 heterocycles. The first-order valence-electron chi connectivity index (χ1n) is 15.0. The summed E-state index contributed by atoms with van der Waals surface area (Å²) in [5.41, 5.74) is 8.93. The lowest BCUT2D eigenvalue weighted by Crippen LogP contribution is -2.16. The Morgan fingerprint density at radius 2 is 0.851 bits per heavy atom. The van der Waals surface area contributed by atoms with Gasteiger partial charge in [-0.3, -0.25) is 0 Å². The Bertz CT molecular complexity index is 2140. The fraction of sp³-hybridized carbons (Fsp3) is 0. The Hall–Kier alpha value is -5.12. The van der Waals surface area contributed by atoms with Crippen molar-refractivity contribution in [1.29, 1.82) is 0 Å². The van der Waals surface area contributed by atoms with Crippen molar-refractivity contribution in [2.24, 2.45) is 0 Å². The number of fused-ring (bicyclic) bond motifs is 2. The van der Waals surface area contributed by atoms with Crippen LogP contribution in [0.15, 0.2) is 154 Å². The van der Waals surface area contributed by atoms with Crippen molar-refractivity contribution in [3.8, 4) is 56.7 Å². The zero-order chi connectivity index (χ0) is 31.4. The summed E-state index contributed by atoms with van der Waals surface area (Å²) in [6.07, 6.45) is 0. The van der Waals surface area contributed by atoms with Crippen molar-refractivity contribution in [3.05, 3.63) is 146 Å². The molecule has 7 nitrogen and oxygen atoms in total. The Kier molecular flexibility index (Phi) is 8.30. The maximum absolute atomic E-state index is 6.12. The SMILES string of the molecule is c1ccc(-c2ccc3oc(-c4ccccc4[O][Al][O][Al][O]c4ccccc4-c4nc5cc(-c6ccccc6)ccc5o4)nc3c2)cc1. The van der Waals surface area contributed by atoms with E-state index in [1.54, 1.807) is 0 Å². The van der Waals surface area contributed by atoms with E-state index in [4.69, 9.17) is 29.2 Å². The third kappa shape index (κ3) is 6.32. The average molecular weight is 643 g/mol. The normalized spacial score (nSPS) is 11.1. The molecule has 222 valence electrons. The molecule has 6 aromatic carbocycles. The van der Waals surface area contributed by atoms with Gasteiger partial charge in [0.05, 0.1) is 22.6 Å². The molecule has 2 radical (unpaired) electrons. The van der Waals surface area contributed by atoms with Crippen LogP contribution in [0.3, 0.4) is 0 Å². The summed E-state index contributed by atoms with van der Waals surface area (Å²) in [6.45, 7) is 0. The maximum atomic E-state index is 6.12. The van der Waals surface area contributed by atoms with Crippen molar-refractivity contribution in [2.75, 3.05) is 0 Å². The van der Waals surface area contributed by atoms with Gasteiger partial charge in [0.25, 0.3) is 0 Å². The molecule has 0 spiro atoms. The van der Waals surface area contributed by atoms with Gasteiger partial charge in [0, 0.05) is 0 Å². The Balaban J connectivity index is 0.932. The maximum Gasteiger partial charge on any atom is 0.743 e. The minimum Gasteiger partial charge on any atom is -0.627 e. The number of aromatic nitrogens is 2. The number of hydrogen-bond acceptors (Lipinski definition) is 7.